The zero-order valence-corrected chi connectivity index (χ0v) is 15.0. The number of nitriles is 1. The van der Waals surface area contributed by atoms with Crippen molar-refractivity contribution >= 4 is 11.6 Å². The molecule has 0 unspecified atom stereocenters. The minimum atomic E-state index is 0.346. The third kappa shape index (κ3) is 2.59. The van der Waals surface area contributed by atoms with E-state index in [1.165, 1.54) is 24.1 Å². The van der Waals surface area contributed by atoms with E-state index in [2.05, 4.69) is 38.2 Å². The maximum atomic E-state index is 9.53. The average Bonchev–Trinajstić information content (AvgIpc) is 3.38. The highest BCUT2D eigenvalue weighted by Crippen LogP contribution is 2.39. The van der Waals surface area contributed by atoms with E-state index in [1.807, 2.05) is 13.1 Å². The molecule has 2 aliphatic carbocycles. The second-order valence-electron chi connectivity index (χ2n) is 7.69. The van der Waals surface area contributed by atoms with Gasteiger partial charge in [0.05, 0.1) is 17.3 Å². The first-order valence-electron chi connectivity index (χ1n) is 9.47. The smallest absolute Gasteiger partial charge is 0.151 e. The maximum Gasteiger partial charge on any atom is 0.151 e. The number of likely N-dealkylation sites (N-methyl/N-ethyl adjacent to an activating group) is 1. The number of rotatable bonds is 4. The largest absolute Gasteiger partial charge is 0.352 e. The van der Waals surface area contributed by atoms with Gasteiger partial charge in [-0.05, 0) is 55.9 Å². The van der Waals surface area contributed by atoms with Gasteiger partial charge in [0, 0.05) is 31.7 Å². The highest BCUT2D eigenvalue weighted by atomic mass is 15.4. The lowest BCUT2D eigenvalue weighted by Gasteiger charge is -2.45. The topological polar surface area (TPSA) is 68.9 Å². The third-order valence-corrected chi connectivity index (χ3v) is 5.89. The van der Waals surface area contributed by atoms with Gasteiger partial charge in [-0.25, -0.2) is 4.98 Å². The normalized spacial score (nSPS) is 19.0. The summed E-state index contributed by atoms with van der Waals surface area (Å²) in [6.07, 6.45) is 5.72. The second-order valence-corrected chi connectivity index (χ2v) is 7.69. The summed E-state index contributed by atoms with van der Waals surface area (Å²) in [6, 6.07) is 8.93. The SMILES string of the molecule is CN(c1nc2c(cc1C#N)CCC2)C1CN(c2ccc(C3CC3)nn2)C1. The lowest BCUT2D eigenvalue weighted by Crippen LogP contribution is -2.59. The minimum absolute atomic E-state index is 0.346. The van der Waals surface area contributed by atoms with E-state index >= 15 is 0 Å². The molecule has 6 nitrogen and oxygen atoms in total. The number of anilines is 2. The van der Waals surface area contributed by atoms with Crippen LogP contribution >= 0.6 is 0 Å². The molecular weight excluding hydrogens is 324 g/mol. The molecule has 0 N–H and O–H groups in total. The molecule has 3 heterocycles. The quantitative estimate of drug-likeness (QED) is 0.847. The molecule has 2 aromatic rings. The molecule has 2 fully saturated rings. The Morgan fingerprint density at radius 3 is 2.73 bits per heavy atom. The van der Waals surface area contributed by atoms with Gasteiger partial charge in [0.15, 0.2) is 5.82 Å². The predicted octanol–water partition coefficient (Wildman–Crippen LogP) is 2.43. The van der Waals surface area contributed by atoms with Crippen LogP contribution < -0.4 is 9.80 Å². The van der Waals surface area contributed by atoms with Crippen molar-refractivity contribution in [2.45, 2.75) is 44.1 Å². The van der Waals surface area contributed by atoms with Gasteiger partial charge in [-0.3, -0.25) is 0 Å². The van der Waals surface area contributed by atoms with E-state index in [4.69, 9.17) is 4.98 Å². The molecule has 1 saturated heterocycles. The monoisotopic (exact) mass is 346 g/mol. The Balaban J connectivity index is 1.29. The summed E-state index contributed by atoms with van der Waals surface area (Å²) >= 11 is 0. The van der Waals surface area contributed by atoms with Crippen LogP contribution in [0.1, 0.15) is 47.7 Å². The van der Waals surface area contributed by atoms with Gasteiger partial charge in [0.2, 0.25) is 0 Å². The first kappa shape index (κ1) is 15.6. The molecular formula is C20H22N6. The predicted molar refractivity (Wildman–Crippen MR) is 99.4 cm³/mol. The summed E-state index contributed by atoms with van der Waals surface area (Å²) in [5.74, 6) is 2.41. The Morgan fingerprint density at radius 2 is 2.04 bits per heavy atom. The summed E-state index contributed by atoms with van der Waals surface area (Å²) in [5, 5.41) is 18.3. The van der Waals surface area contributed by atoms with Crippen molar-refractivity contribution in [1.29, 1.82) is 5.26 Å². The number of nitrogens with zero attached hydrogens (tertiary/aromatic N) is 6. The highest BCUT2D eigenvalue weighted by molar-refractivity contribution is 5.58. The van der Waals surface area contributed by atoms with E-state index in [-0.39, 0.29) is 0 Å². The van der Waals surface area contributed by atoms with Gasteiger partial charge in [-0.1, -0.05) is 0 Å². The summed E-state index contributed by atoms with van der Waals surface area (Å²) < 4.78 is 0. The number of hydrogen-bond donors (Lipinski definition) is 0. The lowest BCUT2D eigenvalue weighted by molar-refractivity contribution is 0.487. The van der Waals surface area contributed by atoms with Crippen LogP contribution in [0.4, 0.5) is 11.6 Å². The van der Waals surface area contributed by atoms with Gasteiger partial charge in [-0.15, -0.1) is 5.10 Å². The fourth-order valence-corrected chi connectivity index (χ4v) is 3.97. The summed E-state index contributed by atoms with van der Waals surface area (Å²) in [5.41, 5.74) is 4.24. The average molecular weight is 346 g/mol. The molecule has 0 atom stereocenters. The number of pyridine rings is 1. The Morgan fingerprint density at radius 1 is 1.19 bits per heavy atom. The first-order valence-corrected chi connectivity index (χ1v) is 9.47. The molecule has 5 rings (SSSR count). The van der Waals surface area contributed by atoms with Crippen molar-refractivity contribution in [1.82, 2.24) is 15.2 Å². The van der Waals surface area contributed by atoms with E-state index < -0.39 is 0 Å². The third-order valence-electron chi connectivity index (χ3n) is 5.89. The van der Waals surface area contributed by atoms with Crippen molar-refractivity contribution in [2.24, 2.45) is 0 Å². The van der Waals surface area contributed by atoms with Crippen LogP contribution in [0.3, 0.4) is 0 Å². The molecule has 0 radical (unpaired) electrons. The van der Waals surface area contributed by atoms with Crippen molar-refractivity contribution < 1.29 is 0 Å². The standard InChI is InChI=1S/C20H22N6/c1-25(20-15(10-21)9-14-3-2-4-17(14)22-20)16-11-26(12-16)19-8-7-18(23-24-19)13-5-6-13/h7-9,13,16H,2-6,11-12H2,1H3. The molecule has 0 spiro atoms. The van der Waals surface area contributed by atoms with E-state index in [0.29, 0.717) is 17.5 Å². The van der Waals surface area contributed by atoms with Crippen LogP contribution in [0.5, 0.6) is 0 Å². The number of hydrogen-bond acceptors (Lipinski definition) is 6. The minimum Gasteiger partial charge on any atom is -0.352 e. The van der Waals surface area contributed by atoms with Crippen molar-refractivity contribution in [3.8, 4) is 6.07 Å². The Labute approximate surface area is 153 Å². The van der Waals surface area contributed by atoms with Crippen LogP contribution in [0, 0.1) is 11.3 Å². The number of aromatic nitrogens is 3. The van der Waals surface area contributed by atoms with Crippen molar-refractivity contribution in [3.63, 3.8) is 0 Å². The van der Waals surface area contributed by atoms with E-state index in [0.717, 1.165) is 49.7 Å². The van der Waals surface area contributed by atoms with Crippen LogP contribution in [0.2, 0.25) is 0 Å². The van der Waals surface area contributed by atoms with Crippen LogP contribution in [0.25, 0.3) is 0 Å². The van der Waals surface area contributed by atoms with Crippen LogP contribution in [-0.4, -0.2) is 41.4 Å². The van der Waals surface area contributed by atoms with Gasteiger partial charge in [0.25, 0.3) is 0 Å². The summed E-state index contributed by atoms with van der Waals surface area (Å²) in [6.45, 7) is 1.77. The molecule has 132 valence electrons. The molecule has 1 saturated carbocycles. The fourth-order valence-electron chi connectivity index (χ4n) is 3.97. The Hall–Kier alpha value is -2.68. The molecule has 0 aromatic carbocycles. The van der Waals surface area contributed by atoms with Gasteiger partial charge >= 0.3 is 0 Å². The molecule has 0 amide bonds. The van der Waals surface area contributed by atoms with Gasteiger partial charge in [-0.2, -0.15) is 10.4 Å². The summed E-state index contributed by atoms with van der Waals surface area (Å²) in [7, 11) is 2.05. The maximum absolute atomic E-state index is 9.53. The number of fused-ring (bicyclic) bond motifs is 1. The lowest BCUT2D eigenvalue weighted by atomic mass is 10.1. The van der Waals surface area contributed by atoms with Crippen LogP contribution in [-0.2, 0) is 12.8 Å². The zero-order chi connectivity index (χ0) is 17.7. The highest BCUT2D eigenvalue weighted by Gasteiger charge is 2.34. The first-order chi connectivity index (χ1) is 12.7. The Kier molecular flexibility index (Phi) is 3.56. The molecule has 26 heavy (non-hydrogen) atoms. The van der Waals surface area contributed by atoms with Crippen molar-refractivity contribution in [3.05, 3.63) is 40.7 Å². The molecule has 1 aliphatic heterocycles. The van der Waals surface area contributed by atoms with E-state index in [9.17, 15) is 5.26 Å². The molecule has 0 bridgehead atoms. The van der Waals surface area contributed by atoms with Crippen LogP contribution in [0.15, 0.2) is 18.2 Å². The number of aryl methyl sites for hydroxylation is 2. The van der Waals surface area contributed by atoms with Crippen molar-refractivity contribution in [2.75, 3.05) is 29.9 Å². The zero-order valence-electron chi connectivity index (χ0n) is 15.0. The molecule has 2 aromatic heterocycles. The fraction of sp³-hybridized carbons (Fsp3) is 0.500. The van der Waals surface area contributed by atoms with Gasteiger partial charge in [0.1, 0.15) is 11.9 Å². The van der Waals surface area contributed by atoms with Gasteiger partial charge < -0.3 is 9.80 Å². The second kappa shape index (κ2) is 5.94. The van der Waals surface area contributed by atoms with E-state index in [1.54, 1.807) is 0 Å². The Bertz CT molecular complexity index is 874. The summed E-state index contributed by atoms with van der Waals surface area (Å²) in [4.78, 5) is 9.23. The molecule has 3 aliphatic rings. The molecule has 6 heteroatoms.